The standard InChI is InChI=1S/C7H3F4IO/c8-4-2-6(13)3(1-5(4)12)7(9,10)11/h1-2,13H. The van der Waals surface area contributed by atoms with Crippen molar-refractivity contribution in [3.05, 3.63) is 27.1 Å². The Morgan fingerprint density at radius 2 is 1.77 bits per heavy atom. The summed E-state index contributed by atoms with van der Waals surface area (Å²) < 4.78 is 48.7. The second-order valence-corrected chi connectivity index (χ2v) is 3.44. The Morgan fingerprint density at radius 3 is 2.23 bits per heavy atom. The van der Waals surface area contributed by atoms with Gasteiger partial charge in [-0.15, -0.1) is 0 Å². The van der Waals surface area contributed by atoms with Gasteiger partial charge in [0.1, 0.15) is 11.6 Å². The lowest BCUT2D eigenvalue weighted by Crippen LogP contribution is -2.06. The number of halogens is 5. The molecular weight excluding hydrogens is 303 g/mol. The number of alkyl halides is 3. The average Bonchev–Trinajstić information content (AvgIpc) is 1.94. The van der Waals surface area contributed by atoms with E-state index in [2.05, 4.69) is 0 Å². The fourth-order valence-corrected chi connectivity index (χ4v) is 1.23. The maximum atomic E-state index is 12.6. The molecule has 0 atom stereocenters. The predicted molar refractivity (Wildman–Crippen MR) is 45.8 cm³/mol. The van der Waals surface area contributed by atoms with Crippen LogP contribution in [0.15, 0.2) is 12.1 Å². The Bertz CT molecular complexity index is 334. The van der Waals surface area contributed by atoms with Crippen LogP contribution >= 0.6 is 22.6 Å². The monoisotopic (exact) mass is 306 g/mol. The minimum atomic E-state index is -4.66. The van der Waals surface area contributed by atoms with E-state index in [-0.39, 0.29) is 3.57 Å². The molecule has 0 heterocycles. The van der Waals surface area contributed by atoms with E-state index in [1.54, 1.807) is 0 Å². The highest BCUT2D eigenvalue weighted by Crippen LogP contribution is 2.37. The van der Waals surface area contributed by atoms with Crippen LogP contribution in [0, 0.1) is 9.39 Å². The first kappa shape index (κ1) is 10.6. The zero-order chi connectivity index (χ0) is 10.2. The molecule has 1 rings (SSSR count). The van der Waals surface area contributed by atoms with Gasteiger partial charge in [0.15, 0.2) is 0 Å². The summed E-state index contributed by atoms with van der Waals surface area (Å²) in [5, 5.41) is 8.79. The summed E-state index contributed by atoms with van der Waals surface area (Å²) in [5.41, 5.74) is -1.22. The normalized spacial score (nSPS) is 11.8. The van der Waals surface area contributed by atoms with Crippen molar-refractivity contribution in [2.45, 2.75) is 6.18 Å². The minimum absolute atomic E-state index is 0.178. The van der Waals surface area contributed by atoms with Crippen LogP contribution in [-0.4, -0.2) is 5.11 Å². The molecule has 1 nitrogen and oxygen atoms in total. The molecule has 0 aromatic heterocycles. The van der Waals surface area contributed by atoms with Crippen molar-refractivity contribution in [2.75, 3.05) is 0 Å². The van der Waals surface area contributed by atoms with Crippen LogP contribution in [0.25, 0.3) is 0 Å². The summed E-state index contributed by atoms with van der Waals surface area (Å²) in [6.07, 6.45) is -4.66. The van der Waals surface area contributed by atoms with Crippen LogP contribution in [0.2, 0.25) is 0 Å². The Labute approximate surface area is 84.5 Å². The van der Waals surface area contributed by atoms with Gasteiger partial charge in [0.2, 0.25) is 0 Å². The molecule has 0 radical (unpaired) electrons. The van der Waals surface area contributed by atoms with Crippen molar-refractivity contribution >= 4 is 22.6 Å². The molecule has 6 heteroatoms. The maximum absolute atomic E-state index is 12.6. The summed E-state index contributed by atoms with van der Waals surface area (Å²) in [7, 11) is 0. The highest BCUT2D eigenvalue weighted by atomic mass is 127. The summed E-state index contributed by atoms with van der Waals surface area (Å²) in [6.45, 7) is 0. The quantitative estimate of drug-likeness (QED) is 0.577. The molecule has 1 aromatic carbocycles. The van der Waals surface area contributed by atoms with Crippen LogP contribution in [0.5, 0.6) is 5.75 Å². The number of benzene rings is 1. The third-order valence-electron chi connectivity index (χ3n) is 1.34. The van der Waals surface area contributed by atoms with Crippen LogP contribution in [0.1, 0.15) is 5.56 Å². The van der Waals surface area contributed by atoms with E-state index in [0.717, 1.165) is 0 Å². The summed E-state index contributed by atoms with van der Waals surface area (Å²) in [4.78, 5) is 0. The Morgan fingerprint density at radius 1 is 1.23 bits per heavy atom. The SMILES string of the molecule is Oc1cc(F)c(I)cc1C(F)(F)F. The third kappa shape index (κ3) is 2.23. The van der Waals surface area contributed by atoms with Crippen molar-refractivity contribution in [3.63, 3.8) is 0 Å². The Kier molecular flexibility index (Phi) is 2.69. The van der Waals surface area contributed by atoms with Crippen molar-refractivity contribution in [3.8, 4) is 5.75 Å². The second kappa shape index (κ2) is 3.32. The van der Waals surface area contributed by atoms with Crippen molar-refractivity contribution in [1.82, 2.24) is 0 Å². The van der Waals surface area contributed by atoms with E-state index in [1.807, 2.05) is 0 Å². The molecule has 0 aliphatic rings. The van der Waals surface area contributed by atoms with Gasteiger partial charge < -0.3 is 5.11 Å². The zero-order valence-electron chi connectivity index (χ0n) is 5.99. The molecular formula is C7H3F4IO. The molecule has 0 aliphatic carbocycles. The Balaban J connectivity index is 3.32. The molecule has 72 valence electrons. The van der Waals surface area contributed by atoms with Gasteiger partial charge in [-0.3, -0.25) is 0 Å². The molecule has 0 amide bonds. The van der Waals surface area contributed by atoms with Crippen molar-refractivity contribution in [1.29, 1.82) is 0 Å². The molecule has 1 aromatic rings. The van der Waals surface area contributed by atoms with E-state index in [9.17, 15) is 17.6 Å². The van der Waals surface area contributed by atoms with E-state index in [0.29, 0.717) is 12.1 Å². The molecule has 0 saturated heterocycles. The molecule has 0 bridgehead atoms. The van der Waals surface area contributed by atoms with Crippen LogP contribution in [0.4, 0.5) is 17.6 Å². The lowest BCUT2D eigenvalue weighted by Gasteiger charge is -2.09. The minimum Gasteiger partial charge on any atom is -0.507 e. The van der Waals surface area contributed by atoms with Crippen molar-refractivity contribution in [2.24, 2.45) is 0 Å². The molecule has 13 heavy (non-hydrogen) atoms. The maximum Gasteiger partial charge on any atom is 0.419 e. The number of phenolic OH excluding ortho intramolecular Hbond substituents is 1. The largest absolute Gasteiger partial charge is 0.507 e. The highest BCUT2D eigenvalue weighted by molar-refractivity contribution is 14.1. The molecule has 0 aliphatic heterocycles. The lowest BCUT2D eigenvalue weighted by molar-refractivity contribution is -0.138. The first-order valence-electron chi connectivity index (χ1n) is 3.07. The van der Waals surface area contributed by atoms with E-state index >= 15 is 0 Å². The lowest BCUT2D eigenvalue weighted by atomic mass is 10.2. The number of phenols is 1. The number of hydrogen-bond donors (Lipinski definition) is 1. The fourth-order valence-electron chi connectivity index (χ4n) is 0.763. The number of hydrogen-bond acceptors (Lipinski definition) is 1. The van der Waals surface area contributed by atoms with Crippen LogP contribution in [0.3, 0.4) is 0 Å². The van der Waals surface area contributed by atoms with Gasteiger partial charge in [-0.1, -0.05) is 0 Å². The van der Waals surface area contributed by atoms with E-state index < -0.39 is 23.3 Å². The molecule has 0 unspecified atom stereocenters. The number of rotatable bonds is 0. The third-order valence-corrected chi connectivity index (χ3v) is 2.17. The van der Waals surface area contributed by atoms with Gasteiger partial charge in [-0.05, 0) is 28.7 Å². The fraction of sp³-hybridized carbons (Fsp3) is 0.143. The Hall–Kier alpha value is -0.530. The predicted octanol–water partition coefficient (Wildman–Crippen LogP) is 3.15. The van der Waals surface area contributed by atoms with E-state index in [4.69, 9.17) is 5.11 Å². The zero-order valence-corrected chi connectivity index (χ0v) is 8.15. The van der Waals surface area contributed by atoms with Crippen LogP contribution in [-0.2, 0) is 6.18 Å². The van der Waals surface area contributed by atoms with Crippen molar-refractivity contribution < 1.29 is 22.7 Å². The van der Waals surface area contributed by atoms with E-state index in [1.165, 1.54) is 22.6 Å². The highest BCUT2D eigenvalue weighted by Gasteiger charge is 2.34. The summed E-state index contributed by atoms with van der Waals surface area (Å²) in [6, 6.07) is 1.01. The van der Waals surface area contributed by atoms with Gasteiger partial charge in [0.05, 0.1) is 5.56 Å². The molecule has 0 saturated carbocycles. The van der Waals surface area contributed by atoms with Gasteiger partial charge in [0.25, 0.3) is 0 Å². The summed E-state index contributed by atoms with van der Waals surface area (Å²) >= 11 is 1.42. The topological polar surface area (TPSA) is 20.2 Å². The molecule has 0 fully saturated rings. The smallest absolute Gasteiger partial charge is 0.419 e. The van der Waals surface area contributed by atoms with Gasteiger partial charge in [-0.2, -0.15) is 13.2 Å². The van der Waals surface area contributed by atoms with Gasteiger partial charge >= 0.3 is 6.18 Å². The summed E-state index contributed by atoms with van der Waals surface area (Å²) in [5.74, 6) is -1.96. The van der Waals surface area contributed by atoms with Gasteiger partial charge in [0, 0.05) is 9.64 Å². The van der Waals surface area contributed by atoms with Gasteiger partial charge in [-0.25, -0.2) is 4.39 Å². The van der Waals surface area contributed by atoms with Crippen LogP contribution < -0.4 is 0 Å². The first-order chi connectivity index (χ1) is 5.82. The average molecular weight is 306 g/mol. The molecule has 1 N–H and O–H groups in total. The first-order valence-corrected chi connectivity index (χ1v) is 4.15. The number of aromatic hydroxyl groups is 1. The molecule has 0 spiro atoms. The second-order valence-electron chi connectivity index (χ2n) is 2.28.